The average molecular weight is 532 g/mol. The van der Waals surface area contributed by atoms with Crippen LogP contribution in [0.1, 0.15) is 83.1 Å². The number of nitrogens with zero attached hydrogens (tertiary/aromatic N) is 1. The van der Waals surface area contributed by atoms with Crippen LogP contribution in [0.15, 0.2) is 5.16 Å². The fraction of sp³-hybridized carbons (Fsp3) is 0.808. The summed E-state index contributed by atoms with van der Waals surface area (Å²) in [5.41, 5.74) is -3.97. The summed E-state index contributed by atoms with van der Waals surface area (Å²) in [7, 11) is 0. The summed E-state index contributed by atoms with van der Waals surface area (Å²) < 4.78 is 21.9. The zero-order chi connectivity index (χ0) is 29.6. The second kappa shape index (κ2) is 12.7. The summed E-state index contributed by atoms with van der Waals surface area (Å²) in [6.45, 7) is 18.4. The molecule has 0 aromatic carbocycles. The van der Waals surface area contributed by atoms with E-state index in [2.05, 4.69) is 5.16 Å². The highest BCUT2D eigenvalue weighted by atomic mass is 16.6. The van der Waals surface area contributed by atoms with Gasteiger partial charge in [-0.3, -0.25) is 19.2 Å². The molecule has 0 radical (unpaired) electrons. The predicted molar refractivity (Wildman–Crippen MR) is 135 cm³/mol. The smallest absolute Gasteiger partial charge is 0.312 e. The second-order valence-corrected chi connectivity index (χ2v) is 13.0. The zero-order valence-electron chi connectivity index (χ0n) is 24.2. The van der Waals surface area contributed by atoms with Crippen molar-refractivity contribution in [2.45, 2.75) is 108 Å². The van der Waals surface area contributed by atoms with Crippen molar-refractivity contribution in [2.24, 2.45) is 26.8 Å². The minimum Gasteiger partial charge on any atom is -0.462 e. The first-order chi connectivity index (χ1) is 16.4. The van der Waals surface area contributed by atoms with Gasteiger partial charge in [0.15, 0.2) is 18.3 Å². The Hall–Kier alpha value is -2.69. The number of oxime groups is 1. The van der Waals surface area contributed by atoms with Crippen molar-refractivity contribution < 1.29 is 48.4 Å². The molecular formula is C26H45NO10. The molecule has 0 aliphatic rings. The maximum absolute atomic E-state index is 12.9. The van der Waals surface area contributed by atoms with E-state index in [1.165, 1.54) is 0 Å². The van der Waals surface area contributed by atoms with E-state index in [4.69, 9.17) is 18.9 Å². The van der Waals surface area contributed by atoms with Crippen molar-refractivity contribution in [2.75, 3.05) is 6.61 Å². The first-order valence-electron chi connectivity index (χ1n) is 12.1. The summed E-state index contributed by atoms with van der Waals surface area (Å²) in [6, 6.07) is 0. The summed E-state index contributed by atoms with van der Waals surface area (Å²) in [5.74, 6) is -2.94. The van der Waals surface area contributed by atoms with E-state index >= 15 is 0 Å². The normalized spacial score (nSPS) is 16.4. The van der Waals surface area contributed by atoms with Gasteiger partial charge in [-0.15, -0.1) is 0 Å². The fourth-order valence-corrected chi connectivity index (χ4v) is 2.31. The predicted octanol–water partition coefficient (Wildman–Crippen LogP) is 3.27. The third-order valence-corrected chi connectivity index (χ3v) is 4.80. The Bertz CT molecular complexity index is 837. The lowest BCUT2D eigenvalue weighted by Gasteiger charge is -2.36. The third-order valence-electron chi connectivity index (χ3n) is 4.80. The standard InChI is InChI=1S/C26H45NO10/c1-23(2,3)19(29)34-14-15(28)17(36-21(31)25(7,8)9)18(37-22(32)26(10,11)12)16(13-27-33)35-20(30)24(4,5)6/h13,15-18,28,33H,14H2,1-12H3/b27-13+/t15-,16+,17-,18-/m1/s1. The number of rotatable bonds is 9. The van der Waals surface area contributed by atoms with E-state index in [1.54, 1.807) is 83.1 Å². The number of hydrogen-bond donors (Lipinski definition) is 2. The topological polar surface area (TPSA) is 158 Å². The summed E-state index contributed by atoms with van der Waals surface area (Å²) in [6.07, 6.45) is -5.84. The van der Waals surface area contributed by atoms with Gasteiger partial charge in [-0.05, 0) is 83.1 Å². The quantitative estimate of drug-likeness (QED) is 0.149. The average Bonchev–Trinajstić information content (AvgIpc) is 2.70. The van der Waals surface area contributed by atoms with Crippen LogP contribution in [0, 0.1) is 21.7 Å². The van der Waals surface area contributed by atoms with Crippen molar-refractivity contribution in [1.82, 2.24) is 0 Å². The van der Waals surface area contributed by atoms with Crippen LogP contribution in [0.2, 0.25) is 0 Å². The molecule has 0 aliphatic heterocycles. The summed E-state index contributed by atoms with van der Waals surface area (Å²) >= 11 is 0. The van der Waals surface area contributed by atoms with E-state index in [0.29, 0.717) is 0 Å². The van der Waals surface area contributed by atoms with Crippen molar-refractivity contribution in [1.29, 1.82) is 0 Å². The molecule has 0 spiro atoms. The zero-order valence-corrected chi connectivity index (χ0v) is 24.2. The molecule has 11 heteroatoms. The lowest BCUT2D eigenvalue weighted by Crippen LogP contribution is -2.54. The van der Waals surface area contributed by atoms with Crippen LogP contribution in [-0.2, 0) is 38.1 Å². The molecule has 0 saturated heterocycles. The molecule has 0 saturated carbocycles. The molecule has 0 fully saturated rings. The van der Waals surface area contributed by atoms with Gasteiger partial charge >= 0.3 is 23.9 Å². The van der Waals surface area contributed by atoms with Crippen LogP contribution < -0.4 is 0 Å². The molecule has 0 rings (SSSR count). The number of aliphatic hydroxyl groups excluding tert-OH is 1. The van der Waals surface area contributed by atoms with Crippen molar-refractivity contribution in [3.63, 3.8) is 0 Å². The molecule has 4 atom stereocenters. The molecule has 0 amide bonds. The molecule has 37 heavy (non-hydrogen) atoms. The molecule has 2 N–H and O–H groups in total. The summed E-state index contributed by atoms with van der Waals surface area (Å²) in [4.78, 5) is 50.7. The first kappa shape index (κ1) is 34.3. The Kier molecular flexibility index (Phi) is 11.8. The highest BCUT2D eigenvalue weighted by Gasteiger charge is 2.46. The Labute approximate surface area is 219 Å². The minimum absolute atomic E-state index is 0.627. The van der Waals surface area contributed by atoms with E-state index in [1.807, 2.05) is 0 Å². The molecule has 214 valence electrons. The highest BCUT2D eigenvalue weighted by molar-refractivity contribution is 5.80. The van der Waals surface area contributed by atoms with Gasteiger partial charge in [-0.25, -0.2) is 0 Å². The van der Waals surface area contributed by atoms with E-state index in [-0.39, 0.29) is 0 Å². The van der Waals surface area contributed by atoms with Gasteiger partial charge in [0.05, 0.1) is 27.9 Å². The van der Waals surface area contributed by atoms with Gasteiger partial charge in [0.1, 0.15) is 12.7 Å². The number of carbonyl (C=O) groups excluding carboxylic acids is 4. The number of hydrogen-bond acceptors (Lipinski definition) is 11. The van der Waals surface area contributed by atoms with E-state index in [9.17, 15) is 29.5 Å². The first-order valence-corrected chi connectivity index (χ1v) is 12.1. The van der Waals surface area contributed by atoms with Crippen LogP contribution in [0.3, 0.4) is 0 Å². The van der Waals surface area contributed by atoms with Crippen LogP contribution in [-0.4, -0.2) is 71.4 Å². The van der Waals surface area contributed by atoms with Gasteiger partial charge in [0, 0.05) is 0 Å². The lowest BCUT2D eigenvalue weighted by atomic mass is 9.94. The van der Waals surface area contributed by atoms with Gasteiger partial charge in [0.25, 0.3) is 0 Å². The molecular weight excluding hydrogens is 486 g/mol. The van der Waals surface area contributed by atoms with Crippen LogP contribution in [0.4, 0.5) is 0 Å². The van der Waals surface area contributed by atoms with Crippen molar-refractivity contribution in [3.8, 4) is 0 Å². The van der Waals surface area contributed by atoms with Gasteiger partial charge in [-0.2, -0.15) is 0 Å². The van der Waals surface area contributed by atoms with Gasteiger partial charge in [0.2, 0.25) is 0 Å². The number of aliphatic hydroxyl groups is 1. The number of ether oxygens (including phenoxy) is 4. The molecule has 0 aliphatic carbocycles. The molecule has 0 unspecified atom stereocenters. The second-order valence-electron chi connectivity index (χ2n) is 13.0. The van der Waals surface area contributed by atoms with Crippen molar-refractivity contribution in [3.05, 3.63) is 0 Å². The Balaban J connectivity index is 6.66. The SMILES string of the molecule is CC(C)(C)C(=O)OC[C@@H](O)[C@@H](OC(=O)C(C)(C)C)[C@H](OC(=O)C(C)(C)C)[C@H](/C=N/O)OC(=O)C(C)(C)C. The van der Waals surface area contributed by atoms with Crippen LogP contribution in [0.5, 0.6) is 0 Å². The minimum atomic E-state index is -1.71. The summed E-state index contributed by atoms with van der Waals surface area (Å²) in [5, 5.41) is 23.3. The maximum atomic E-state index is 12.9. The van der Waals surface area contributed by atoms with Crippen molar-refractivity contribution >= 4 is 30.1 Å². The van der Waals surface area contributed by atoms with E-state index < -0.39 is 76.6 Å². The molecule has 0 heterocycles. The van der Waals surface area contributed by atoms with Gasteiger partial charge in [-0.1, -0.05) is 5.16 Å². The maximum Gasteiger partial charge on any atom is 0.312 e. The Morgan fingerprint density at radius 2 is 1.00 bits per heavy atom. The molecule has 0 bridgehead atoms. The van der Waals surface area contributed by atoms with Crippen LogP contribution >= 0.6 is 0 Å². The number of esters is 4. The largest absolute Gasteiger partial charge is 0.462 e. The Morgan fingerprint density at radius 1 is 0.649 bits per heavy atom. The molecule has 0 aromatic rings. The molecule has 0 aromatic heterocycles. The van der Waals surface area contributed by atoms with E-state index in [0.717, 1.165) is 6.21 Å². The van der Waals surface area contributed by atoms with Gasteiger partial charge < -0.3 is 29.3 Å². The lowest BCUT2D eigenvalue weighted by molar-refractivity contribution is -0.202. The Morgan fingerprint density at radius 3 is 1.35 bits per heavy atom. The monoisotopic (exact) mass is 531 g/mol. The number of carbonyl (C=O) groups is 4. The molecule has 11 nitrogen and oxygen atoms in total. The van der Waals surface area contributed by atoms with Crippen LogP contribution in [0.25, 0.3) is 0 Å². The fourth-order valence-electron chi connectivity index (χ4n) is 2.31. The third kappa shape index (κ3) is 11.5. The highest BCUT2D eigenvalue weighted by Crippen LogP contribution is 2.27.